The molecule has 1 heterocycles. The number of anilines is 1. The van der Waals surface area contributed by atoms with Crippen LogP contribution >= 0.6 is 0 Å². The van der Waals surface area contributed by atoms with Crippen molar-refractivity contribution in [2.75, 3.05) is 4.90 Å². The van der Waals surface area contributed by atoms with Crippen molar-refractivity contribution in [2.45, 2.75) is 13.8 Å². The van der Waals surface area contributed by atoms with Crippen LogP contribution in [0.2, 0.25) is 0 Å². The van der Waals surface area contributed by atoms with Gasteiger partial charge in [-0.1, -0.05) is 0 Å². The van der Waals surface area contributed by atoms with E-state index in [2.05, 4.69) is 0 Å². The van der Waals surface area contributed by atoms with E-state index < -0.39 is 0 Å². The van der Waals surface area contributed by atoms with E-state index in [0.29, 0.717) is 10.2 Å². The Morgan fingerprint density at radius 3 is 2.41 bits per heavy atom. The van der Waals surface area contributed by atoms with Gasteiger partial charge in [-0.25, -0.2) is 0 Å². The first-order chi connectivity index (χ1) is 10.6. The number of rotatable bonds is 3. The summed E-state index contributed by atoms with van der Waals surface area (Å²) in [5.74, 6) is -0.436. The molecule has 0 aliphatic carbocycles. The Morgan fingerprint density at radius 1 is 0.955 bits per heavy atom. The van der Waals surface area contributed by atoms with Crippen LogP contribution in [0.3, 0.4) is 0 Å². The normalized spacial score (nSPS) is 14.5. The third-order valence-electron chi connectivity index (χ3n) is 3.47. The van der Waals surface area contributed by atoms with Crippen LogP contribution in [0.1, 0.15) is 11.1 Å². The Labute approximate surface area is 135 Å². The Bertz CT molecular complexity index is 781. The monoisotopic (exact) mass is 357 g/mol. The third kappa shape index (κ3) is 2.76. The van der Waals surface area contributed by atoms with Crippen LogP contribution in [0.4, 0.5) is 5.69 Å². The van der Waals surface area contributed by atoms with Crippen LogP contribution in [-0.4, -0.2) is 26.8 Å². The molecule has 2 aromatic rings. The van der Waals surface area contributed by atoms with Crippen molar-refractivity contribution in [3.63, 3.8) is 0 Å². The molecule has 3 nitrogen and oxygen atoms in total. The molecule has 0 fully saturated rings. The van der Waals surface area contributed by atoms with Gasteiger partial charge in [0.1, 0.15) is 0 Å². The summed E-state index contributed by atoms with van der Waals surface area (Å²) in [6.45, 7) is 3.87. The predicted molar refractivity (Wildman–Crippen MR) is 88.3 cm³/mol. The third-order valence-corrected chi connectivity index (χ3v) is 5.61. The molecule has 0 saturated heterocycles. The molecule has 2 aromatic carbocycles. The number of amides is 2. The van der Waals surface area contributed by atoms with Gasteiger partial charge in [0.2, 0.25) is 0 Å². The second-order valence-corrected chi connectivity index (χ2v) is 7.53. The Morgan fingerprint density at radius 2 is 1.68 bits per heavy atom. The molecular formula is C18H15NO2Se. The zero-order chi connectivity index (χ0) is 15.7. The van der Waals surface area contributed by atoms with E-state index in [4.69, 9.17) is 0 Å². The van der Waals surface area contributed by atoms with E-state index in [1.807, 2.05) is 62.4 Å². The van der Waals surface area contributed by atoms with Crippen LogP contribution in [0.25, 0.3) is 0 Å². The van der Waals surface area contributed by atoms with Gasteiger partial charge in [-0.3, -0.25) is 0 Å². The van der Waals surface area contributed by atoms with Gasteiger partial charge in [-0.05, 0) is 0 Å². The summed E-state index contributed by atoms with van der Waals surface area (Å²) in [5.41, 5.74) is 2.64. The van der Waals surface area contributed by atoms with Gasteiger partial charge in [0.25, 0.3) is 0 Å². The summed E-state index contributed by atoms with van der Waals surface area (Å²) in [7, 11) is 0. The van der Waals surface area contributed by atoms with Crippen LogP contribution < -0.4 is 9.36 Å². The van der Waals surface area contributed by atoms with Gasteiger partial charge in [0.05, 0.1) is 0 Å². The number of hydrogen-bond donors (Lipinski definition) is 0. The van der Waals surface area contributed by atoms with Crippen LogP contribution in [0, 0.1) is 13.8 Å². The van der Waals surface area contributed by atoms with Crippen LogP contribution in [0.15, 0.2) is 59.1 Å². The van der Waals surface area contributed by atoms with Crippen molar-refractivity contribution >= 4 is 36.9 Å². The molecule has 0 aromatic heterocycles. The topological polar surface area (TPSA) is 37.4 Å². The number of aryl methyl sites for hydroxylation is 2. The molecule has 4 heteroatoms. The first-order valence-electron chi connectivity index (χ1n) is 6.96. The Balaban J connectivity index is 1.90. The average Bonchev–Trinajstić information content (AvgIpc) is 2.77. The minimum absolute atomic E-state index is 0.152. The molecule has 2 amide bonds. The fourth-order valence-corrected chi connectivity index (χ4v) is 4.18. The molecule has 0 bridgehead atoms. The molecule has 0 N–H and O–H groups in total. The van der Waals surface area contributed by atoms with E-state index in [1.165, 1.54) is 11.0 Å². The van der Waals surface area contributed by atoms with Gasteiger partial charge in [-0.2, -0.15) is 0 Å². The number of carbonyl (C=O) groups is 2. The van der Waals surface area contributed by atoms with Gasteiger partial charge < -0.3 is 0 Å². The maximum absolute atomic E-state index is 12.6. The van der Waals surface area contributed by atoms with Crippen molar-refractivity contribution in [3.05, 3.63) is 70.2 Å². The number of carbonyl (C=O) groups excluding carboxylic acids is 2. The number of nitrogens with zero attached hydrogens (tertiary/aromatic N) is 1. The van der Waals surface area contributed by atoms with E-state index in [1.54, 1.807) is 0 Å². The van der Waals surface area contributed by atoms with Gasteiger partial charge in [-0.15, -0.1) is 0 Å². The van der Waals surface area contributed by atoms with Crippen molar-refractivity contribution in [2.24, 2.45) is 0 Å². The standard InChI is InChI=1S/C18H15NO2Se/c1-12-8-9-13(2)15(10-12)19-17(20)11-16(18(19)21)22-14-6-4-3-5-7-14/h3-11H,1-2H3. The molecule has 0 radical (unpaired) electrons. The van der Waals surface area contributed by atoms with Gasteiger partial charge in [0, 0.05) is 0 Å². The molecule has 0 unspecified atom stereocenters. The van der Waals surface area contributed by atoms with Crippen LogP contribution in [-0.2, 0) is 9.59 Å². The molecule has 0 atom stereocenters. The molecule has 110 valence electrons. The van der Waals surface area contributed by atoms with Gasteiger partial charge >= 0.3 is 135 Å². The number of imide groups is 1. The quantitative estimate of drug-likeness (QED) is 0.624. The molecule has 0 saturated carbocycles. The minimum atomic E-state index is -0.244. The second kappa shape index (κ2) is 5.91. The van der Waals surface area contributed by atoms with E-state index in [0.717, 1.165) is 15.6 Å². The SMILES string of the molecule is Cc1ccc(C)c(N2C(=O)C=C([Se]c3ccccc3)C2=O)c1. The molecule has 3 rings (SSSR count). The zero-order valence-corrected chi connectivity index (χ0v) is 14.1. The predicted octanol–water partition coefficient (Wildman–Crippen LogP) is 2.09. The zero-order valence-electron chi connectivity index (χ0n) is 12.4. The molecular weight excluding hydrogens is 341 g/mol. The van der Waals surface area contributed by atoms with E-state index in [-0.39, 0.29) is 26.8 Å². The number of benzene rings is 2. The van der Waals surface area contributed by atoms with E-state index in [9.17, 15) is 9.59 Å². The first kappa shape index (κ1) is 14.8. The number of hydrogen-bond acceptors (Lipinski definition) is 2. The summed E-state index contributed by atoms with van der Waals surface area (Å²) < 4.78 is 1.69. The molecule has 22 heavy (non-hydrogen) atoms. The summed E-state index contributed by atoms with van der Waals surface area (Å²) >= 11 is -0.152. The maximum atomic E-state index is 12.6. The Hall–Kier alpha value is -2.16. The fourth-order valence-electron chi connectivity index (χ4n) is 2.33. The summed E-state index contributed by atoms with van der Waals surface area (Å²) in [5, 5.41) is 0. The van der Waals surface area contributed by atoms with Gasteiger partial charge in [0.15, 0.2) is 0 Å². The summed E-state index contributed by atoms with van der Waals surface area (Å²) in [6, 6.07) is 15.6. The second-order valence-electron chi connectivity index (χ2n) is 5.19. The van der Waals surface area contributed by atoms with Crippen molar-refractivity contribution in [1.82, 2.24) is 0 Å². The van der Waals surface area contributed by atoms with Crippen molar-refractivity contribution < 1.29 is 9.59 Å². The fraction of sp³-hybridized carbons (Fsp3) is 0.111. The molecule has 0 spiro atoms. The van der Waals surface area contributed by atoms with Crippen molar-refractivity contribution in [3.8, 4) is 0 Å². The van der Waals surface area contributed by atoms with E-state index >= 15 is 0 Å². The van der Waals surface area contributed by atoms with Crippen molar-refractivity contribution in [1.29, 1.82) is 0 Å². The molecule has 1 aliphatic heterocycles. The molecule has 1 aliphatic rings. The summed E-state index contributed by atoms with van der Waals surface area (Å²) in [4.78, 5) is 26.2. The average molecular weight is 356 g/mol. The first-order valence-corrected chi connectivity index (χ1v) is 8.68. The Kier molecular flexibility index (Phi) is 3.97. The van der Waals surface area contributed by atoms with Crippen LogP contribution in [0.5, 0.6) is 0 Å². The summed E-state index contributed by atoms with van der Waals surface area (Å²) in [6.07, 6.45) is 1.48.